The Bertz CT molecular complexity index is 1180. The highest BCUT2D eigenvalue weighted by Gasteiger charge is 2.16. The van der Waals surface area contributed by atoms with Gasteiger partial charge in [0, 0.05) is 63.8 Å². The van der Waals surface area contributed by atoms with Gasteiger partial charge in [-0.05, 0) is 63.0 Å². The summed E-state index contributed by atoms with van der Waals surface area (Å²) in [6, 6.07) is 16.7. The van der Waals surface area contributed by atoms with Gasteiger partial charge in [0.2, 0.25) is 0 Å². The topological polar surface area (TPSA) is 30.3 Å². The Morgan fingerprint density at radius 1 is 1.03 bits per heavy atom. The van der Waals surface area contributed by atoms with Crippen LogP contribution in [0.5, 0.6) is 5.75 Å². The van der Waals surface area contributed by atoms with E-state index >= 15 is 0 Å². The van der Waals surface area contributed by atoms with Gasteiger partial charge in [-0.1, -0.05) is 23.7 Å². The minimum atomic E-state index is 0.326. The molecule has 0 saturated carbocycles. The van der Waals surface area contributed by atoms with E-state index in [9.17, 15) is 0 Å². The third-order valence-electron chi connectivity index (χ3n) is 5.35. The first-order valence-electron chi connectivity index (χ1n) is 10.0. The average Bonchev–Trinajstić information content (AvgIpc) is 3.12. The van der Waals surface area contributed by atoms with Crippen molar-refractivity contribution in [1.29, 1.82) is 0 Å². The third-order valence-corrected chi connectivity index (χ3v) is 5.59. The molecular formula is C25H26ClN3O. The highest BCUT2D eigenvalue weighted by atomic mass is 35.5. The van der Waals surface area contributed by atoms with Crippen LogP contribution >= 0.6 is 11.6 Å². The van der Waals surface area contributed by atoms with Crippen molar-refractivity contribution in [2.45, 2.75) is 13.0 Å². The Morgan fingerprint density at radius 3 is 2.60 bits per heavy atom. The van der Waals surface area contributed by atoms with Crippen molar-refractivity contribution in [2.75, 3.05) is 27.7 Å². The van der Waals surface area contributed by atoms with Crippen molar-refractivity contribution < 1.29 is 4.74 Å². The van der Waals surface area contributed by atoms with Gasteiger partial charge in [-0.25, -0.2) is 0 Å². The summed E-state index contributed by atoms with van der Waals surface area (Å²) in [6.45, 7) is 3.19. The van der Waals surface area contributed by atoms with Crippen LogP contribution in [0.3, 0.4) is 0 Å². The van der Waals surface area contributed by atoms with Crippen molar-refractivity contribution in [3.63, 3.8) is 0 Å². The summed E-state index contributed by atoms with van der Waals surface area (Å²) >= 11 is 6.36. The lowest BCUT2D eigenvalue weighted by molar-refractivity contribution is 0.341. The van der Waals surface area contributed by atoms with Crippen LogP contribution in [0.15, 0.2) is 67.1 Å². The van der Waals surface area contributed by atoms with Crippen LogP contribution in [0.4, 0.5) is 0 Å². The number of aromatic nitrogens is 2. The molecule has 0 fully saturated rings. The molecule has 4 rings (SSSR count). The second-order valence-corrected chi connectivity index (χ2v) is 8.35. The second kappa shape index (κ2) is 8.50. The van der Waals surface area contributed by atoms with Crippen molar-refractivity contribution in [1.82, 2.24) is 14.5 Å². The summed E-state index contributed by atoms with van der Waals surface area (Å²) < 4.78 is 7.71. The van der Waals surface area contributed by atoms with Crippen LogP contribution in [-0.2, 0) is 0 Å². The van der Waals surface area contributed by atoms with E-state index in [0.717, 1.165) is 45.0 Å². The zero-order valence-electron chi connectivity index (χ0n) is 17.8. The number of halogens is 1. The van der Waals surface area contributed by atoms with E-state index in [1.54, 1.807) is 7.11 Å². The van der Waals surface area contributed by atoms with E-state index in [4.69, 9.17) is 16.3 Å². The molecule has 1 unspecified atom stereocenters. The minimum Gasteiger partial charge on any atom is -0.497 e. The Morgan fingerprint density at radius 2 is 1.83 bits per heavy atom. The number of methoxy groups -OCH3 is 1. The van der Waals surface area contributed by atoms with Crippen molar-refractivity contribution >= 4 is 22.5 Å². The number of ether oxygens (including phenoxy) is 1. The molecule has 0 aliphatic heterocycles. The summed E-state index contributed by atoms with van der Waals surface area (Å²) in [5.74, 6) is 0.832. The van der Waals surface area contributed by atoms with Gasteiger partial charge in [-0.15, -0.1) is 0 Å². The molecule has 0 amide bonds. The van der Waals surface area contributed by atoms with E-state index in [1.165, 1.54) is 5.52 Å². The molecule has 4 nitrogen and oxygen atoms in total. The van der Waals surface area contributed by atoms with Gasteiger partial charge < -0.3 is 14.2 Å². The summed E-state index contributed by atoms with van der Waals surface area (Å²) in [5, 5.41) is 1.87. The molecule has 2 aromatic carbocycles. The largest absolute Gasteiger partial charge is 0.497 e. The number of hydrogen-bond acceptors (Lipinski definition) is 3. The van der Waals surface area contributed by atoms with Gasteiger partial charge in [0.15, 0.2) is 0 Å². The molecular weight excluding hydrogens is 394 g/mol. The summed E-state index contributed by atoms with van der Waals surface area (Å²) in [4.78, 5) is 6.74. The normalized spacial score (nSPS) is 12.5. The number of nitrogens with zero attached hydrogens (tertiary/aromatic N) is 3. The molecule has 2 heterocycles. The first kappa shape index (κ1) is 20.5. The van der Waals surface area contributed by atoms with Gasteiger partial charge in [0.1, 0.15) is 5.75 Å². The Balaban J connectivity index is 1.84. The molecule has 0 bridgehead atoms. The van der Waals surface area contributed by atoms with Crippen LogP contribution in [0.1, 0.15) is 13.0 Å². The zero-order valence-corrected chi connectivity index (χ0v) is 18.5. The molecule has 0 spiro atoms. The Kier molecular flexibility index (Phi) is 5.80. The number of likely N-dealkylation sites (N-methyl/N-ethyl adjacent to an activating group) is 1. The van der Waals surface area contributed by atoms with Crippen LogP contribution in [-0.4, -0.2) is 42.2 Å². The number of rotatable bonds is 6. The number of fused-ring (bicyclic) bond motifs is 1. The minimum absolute atomic E-state index is 0.326. The summed E-state index contributed by atoms with van der Waals surface area (Å²) in [6.07, 6.45) is 6.03. The monoisotopic (exact) mass is 419 g/mol. The third kappa shape index (κ3) is 4.07. The number of pyridine rings is 1. The highest BCUT2D eigenvalue weighted by Crippen LogP contribution is 2.36. The van der Waals surface area contributed by atoms with Crippen molar-refractivity contribution in [2.24, 2.45) is 0 Å². The fourth-order valence-electron chi connectivity index (χ4n) is 3.99. The molecule has 0 aliphatic rings. The molecule has 2 aromatic heterocycles. The molecule has 0 radical (unpaired) electrons. The van der Waals surface area contributed by atoms with Gasteiger partial charge in [-0.2, -0.15) is 0 Å². The smallest absolute Gasteiger partial charge is 0.119 e. The van der Waals surface area contributed by atoms with E-state index in [-0.39, 0.29) is 0 Å². The van der Waals surface area contributed by atoms with E-state index in [1.807, 2.05) is 42.7 Å². The standard InChI is InChI=1S/C25H26ClN3O/c1-17(15-28(2)3)29-16-24(23-12-21(26)8-9-25(23)29)20-10-19(13-27-14-20)18-6-5-7-22(11-18)30-4/h5-14,16-17H,15H2,1-4H3. The van der Waals surface area contributed by atoms with E-state index < -0.39 is 0 Å². The van der Waals surface area contributed by atoms with Gasteiger partial charge in [0.05, 0.1) is 7.11 Å². The molecule has 0 saturated heterocycles. The maximum atomic E-state index is 6.36. The molecule has 1 atom stereocenters. The lowest BCUT2D eigenvalue weighted by Crippen LogP contribution is -2.21. The summed E-state index contributed by atoms with van der Waals surface area (Å²) in [5.41, 5.74) is 5.51. The molecule has 0 aliphatic carbocycles. The Labute approximate surface area is 182 Å². The highest BCUT2D eigenvalue weighted by molar-refractivity contribution is 6.31. The molecule has 154 valence electrons. The van der Waals surface area contributed by atoms with Crippen LogP contribution < -0.4 is 4.74 Å². The van der Waals surface area contributed by atoms with Gasteiger partial charge in [0.25, 0.3) is 0 Å². The summed E-state index contributed by atoms with van der Waals surface area (Å²) in [7, 11) is 5.88. The first-order chi connectivity index (χ1) is 14.5. The first-order valence-corrected chi connectivity index (χ1v) is 10.4. The van der Waals surface area contributed by atoms with Gasteiger partial charge >= 0.3 is 0 Å². The lowest BCUT2D eigenvalue weighted by Gasteiger charge is -2.19. The van der Waals surface area contributed by atoms with Gasteiger partial charge in [-0.3, -0.25) is 4.98 Å². The number of benzene rings is 2. The van der Waals surface area contributed by atoms with Crippen LogP contribution in [0.2, 0.25) is 5.02 Å². The number of hydrogen-bond donors (Lipinski definition) is 0. The van der Waals surface area contributed by atoms with Crippen LogP contribution in [0.25, 0.3) is 33.2 Å². The zero-order chi connectivity index (χ0) is 21.3. The fourth-order valence-corrected chi connectivity index (χ4v) is 4.16. The lowest BCUT2D eigenvalue weighted by atomic mass is 10.0. The second-order valence-electron chi connectivity index (χ2n) is 7.92. The quantitative estimate of drug-likeness (QED) is 0.375. The van der Waals surface area contributed by atoms with Crippen molar-refractivity contribution in [3.05, 3.63) is 72.1 Å². The SMILES string of the molecule is COc1cccc(-c2cncc(-c3cn(C(C)CN(C)C)c4ccc(Cl)cc34)c2)c1. The average molecular weight is 420 g/mol. The molecule has 30 heavy (non-hydrogen) atoms. The molecule has 5 heteroatoms. The predicted molar refractivity (Wildman–Crippen MR) is 125 cm³/mol. The maximum Gasteiger partial charge on any atom is 0.119 e. The fraction of sp³-hybridized carbons (Fsp3) is 0.240. The molecule has 0 N–H and O–H groups in total. The van der Waals surface area contributed by atoms with Crippen LogP contribution in [0, 0.1) is 0 Å². The predicted octanol–water partition coefficient (Wildman–Crippen LogP) is 6.15. The van der Waals surface area contributed by atoms with E-state index in [0.29, 0.717) is 6.04 Å². The Hall–Kier alpha value is -2.82. The maximum absolute atomic E-state index is 6.36. The van der Waals surface area contributed by atoms with E-state index in [2.05, 4.69) is 59.9 Å². The van der Waals surface area contributed by atoms with Crippen molar-refractivity contribution in [3.8, 4) is 28.0 Å². The molecule has 4 aromatic rings.